The van der Waals surface area contributed by atoms with E-state index in [1.165, 1.54) is 0 Å². The van der Waals surface area contributed by atoms with E-state index in [2.05, 4.69) is 5.32 Å². The number of benzene rings is 2. The molecule has 0 aliphatic carbocycles. The topological polar surface area (TPSA) is 55.1 Å². The van der Waals surface area contributed by atoms with Crippen molar-refractivity contribution in [2.24, 2.45) is 5.73 Å². The first-order chi connectivity index (χ1) is 9.03. The maximum absolute atomic E-state index is 12.3. The van der Waals surface area contributed by atoms with Crippen LogP contribution < -0.4 is 11.1 Å². The first-order valence-electron chi connectivity index (χ1n) is 5.69. The summed E-state index contributed by atoms with van der Waals surface area (Å²) in [5.74, 6) is -0.308. The van der Waals surface area contributed by atoms with Crippen LogP contribution in [0.3, 0.4) is 0 Å². The fraction of sp³-hybridized carbons (Fsp3) is 0.0714. The minimum absolute atomic E-state index is 0.308. The average molecular weight is 293 g/mol. The van der Waals surface area contributed by atoms with Crippen LogP contribution in [0.4, 0.5) is 5.69 Å². The quantitative estimate of drug-likeness (QED) is 0.848. The van der Waals surface area contributed by atoms with E-state index in [4.69, 9.17) is 28.9 Å². The summed E-state index contributed by atoms with van der Waals surface area (Å²) in [7, 11) is 0. The summed E-state index contributed by atoms with van der Waals surface area (Å²) in [4.78, 5) is 12.3. The van der Waals surface area contributed by atoms with E-state index in [9.17, 15) is 4.79 Å². The molecule has 1 heterocycles. The Kier molecular flexibility index (Phi) is 2.78. The zero-order valence-electron chi connectivity index (χ0n) is 9.78. The molecule has 1 amide bonds. The molecule has 0 aromatic heterocycles. The number of hydrogen-bond donors (Lipinski definition) is 2. The number of nitrogens with two attached hydrogens (primary N) is 1. The third-order valence-electron chi connectivity index (χ3n) is 3.31. The zero-order chi connectivity index (χ0) is 13.6. The summed E-state index contributed by atoms with van der Waals surface area (Å²) in [6.45, 7) is 0. The van der Waals surface area contributed by atoms with E-state index in [0.29, 0.717) is 26.9 Å². The molecule has 2 aromatic carbocycles. The van der Waals surface area contributed by atoms with Crippen molar-refractivity contribution in [3.63, 3.8) is 0 Å². The Bertz CT molecular complexity index is 687. The number of amides is 1. The maximum atomic E-state index is 12.3. The highest BCUT2D eigenvalue weighted by molar-refractivity contribution is 6.32. The molecule has 3 nitrogen and oxygen atoms in total. The van der Waals surface area contributed by atoms with Gasteiger partial charge in [0.05, 0.1) is 0 Å². The third kappa shape index (κ3) is 1.74. The monoisotopic (exact) mass is 292 g/mol. The summed E-state index contributed by atoms with van der Waals surface area (Å²) >= 11 is 12.2. The lowest BCUT2D eigenvalue weighted by Crippen LogP contribution is -2.44. The van der Waals surface area contributed by atoms with Crippen molar-refractivity contribution in [2.45, 2.75) is 5.54 Å². The van der Waals surface area contributed by atoms with E-state index < -0.39 is 5.54 Å². The highest BCUT2D eigenvalue weighted by Crippen LogP contribution is 2.42. The number of carbonyl (C=O) groups excluding carboxylic acids is 1. The van der Waals surface area contributed by atoms with Gasteiger partial charge in [-0.15, -0.1) is 0 Å². The van der Waals surface area contributed by atoms with Gasteiger partial charge in [0.25, 0.3) is 5.91 Å². The number of hydrogen-bond acceptors (Lipinski definition) is 2. The van der Waals surface area contributed by atoms with Crippen LogP contribution in [0.1, 0.15) is 11.1 Å². The number of fused-ring (bicyclic) bond motifs is 1. The standard InChI is InChI=1S/C14H10Cl2N2O/c15-8-5-6-12-10(7-8)14(17,13(19)18-12)9-3-1-2-4-11(9)16/h1-7H,17H2,(H,18,19). The Morgan fingerprint density at radius 1 is 1.05 bits per heavy atom. The van der Waals surface area contributed by atoms with Gasteiger partial charge in [-0.1, -0.05) is 41.4 Å². The molecular formula is C14H10Cl2N2O. The van der Waals surface area contributed by atoms with Crippen molar-refractivity contribution < 1.29 is 4.79 Å². The van der Waals surface area contributed by atoms with Crippen LogP contribution in [0.2, 0.25) is 10.0 Å². The van der Waals surface area contributed by atoms with Crippen molar-refractivity contribution in [2.75, 3.05) is 5.32 Å². The van der Waals surface area contributed by atoms with Crippen molar-refractivity contribution in [1.29, 1.82) is 0 Å². The predicted octanol–water partition coefficient (Wildman–Crippen LogP) is 3.15. The van der Waals surface area contributed by atoms with Gasteiger partial charge in [-0.2, -0.15) is 0 Å². The van der Waals surface area contributed by atoms with Gasteiger partial charge in [-0.3, -0.25) is 4.79 Å². The predicted molar refractivity (Wildman–Crippen MR) is 76.5 cm³/mol. The minimum Gasteiger partial charge on any atom is -0.324 e. The molecule has 5 heteroatoms. The lowest BCUT2D eigenvalue weighted by Gasteiger charge is -2.24. The largest absolute Gasteiger partial charge is 0.324 e. The van der Waals surface area contributed by atoms with Crippen LogP contribution in [0.15, 0.2) is 42.5 Å². The molecule has 96 valence electrons. The van der Waals surface area contributed by atoms with Crippen molar-refractivity contribution in [3.05, 3.63) is 63.6 Å². The van der Waals surface area contributed by atoms with Gasteiger partial charge >= 0.3 is 0 Å². The van der Waals surface area contributed by atoms with Gasteiger partial charge in [0, 0.05) is 26.9 Å². The molecule has 0 radical (unpaired) electrons. The third-order valence-corrected chi connectivity index (χ3v) is 3.88. The average Bonchev–Trinajstić information content (AvgIpc) is 2.64. The van der Waals surface area contributed by atoms with Gasteiger partial charge in [0.15, 0.2) is 5.54 Å². The lowest BCUT2D eigenvalue weighted by atomic mass is 9.85. The molecule has 1 aliphatic rings. The number of anilines is 1. The summed E-state index contributed by atoms with van der Waals surface area (Å²) in [6.07, 6.45) is 0. The van der Waals surface area contributed by atoms with Gasteiger partial charge < -0.3 is 11.1 Å². The Balaban J connectivity index is 2.28. The normalized spacial score (nSPS) is 21.1. The van der Waals surface area contributed by atoms with Gasteiger partial charge in [0.2, 0.25) is 0 Å². The summed E-state index contributed by atoms with van der Waals surface area (Å²) < 4.78 is 0. The molecule has 19 heavy (non-hydrogen) atoms. The number of halogens is 2. The number of nitrogens with one attached hydrogen (secondary N) is 1. The molecule has 3 N–H and O–H groups in total. The van der Waals surface area contributed by atoms with Crippen LogP contribution in [0.25, 0.3) is 0 Å². The van der Waals surface area contributed by atoms with Crippen molar-refractivity contribution in [3.8, 4) is 0 Å². The molecule has 0 spiro atoms. The second kappa shape index (κ2) is 4.23. The molecule has 1 aliphatic heterocycles. The highest BCUT2D eigenvalue weighted by Gasteiger charge is 2.46. The molecule has 1 atom stereocenters. The smallest absolute Gasteiger partial charge is 0.253 e. The van der Waals surface area contributed by atoms with Crippen LogP contribution in [0, 0.1) is 0 Å². The summed E-state index contributed by atoms with van der Waals surface area (Å²) in [6, 6.07) is 12.2. The van der Waals surface area contributed by atoms with E-state index in [0.717, 1.165) is 0 Å². The summed E-state index contributed by atoms with van der Waals surface area (Å²) in [5, 5.41) is 3.74. The first-order valence-corrected chi connectivity index (χ1v) is 6.44. The Morgan fingerprint density at radius 3 is 2.53 bits per heavy atom. The lowest BCUT2D eigenvalue weighted by molar-refractivity contribution is -0.119. The Morgan fingerprint density at radius 2 is 1.79 bits per heavy atom. The van der Waals surface area contributed by atoms with Crippen LogP contribution in [0.5, 0.6) is 0 Å². The fourth-order valence-corrected chi connectivity index (χ4v) is 2.80. The van der Waals surface area contributed by atoms with E-state index >= 15 is 0 Å². The highest BCUT2D eigenvalue weighted by atomic mass is 35.5. The molecule has 3 rings (SSSR count). The maximum Gasteiger partial charge on any atom is 0.253 e. The Labute approximate surface area is 120 Å². The minimum atomic E-state index is -1.31. The van der Waals surface area contributed by atoms with E-state index in [1.54, 1.807) is 42.5 Å². The molecule has 2 aromatic rings. The van der Waals surface area contributed by atoms with E-state index in [1.807, 2.05) is 0 Å². The molecular weight excluding hydrogens is 283 g/mol. The fourth-order valence-electron chi connectivity index (χ4n) is 2.34. The van der Waals surface area contributed by atoms with Crippen LogP contribution in [-0.2, 0) is 10.3 Å². The van der Waals surface area contributed by atoms with Gasteiger partial charge in [0.1, 0.15) is 0 Å². The SMILES string of the molecule is NC1(c2ccccc2Cl)C(=O)Nc2ccc(Cl)cc21. The molecule has 0 bridgehead atoms. The second-order valence-electron chi connectivity index (χ2n) is 4.43. The van der Waals surface area contributed by atoms with Crippen LogP contribution in [-0.4, -0.2) is 5.91 Å². The number of rotatable bonds is 1. The first kappa shape index (κ1) is 12.5. The summed E-state index contributed by atoms with van der Waals surface area (Å²) in [5.41, 5.74) is 6.91. The zero-order valence-corrected chi connectivity index (χ0v) is 11.3. The van der Waals surface area contributed by atoms with Gasteiger partial charge in [-0.25, -0.2) is 0 Å². The van der Waals surface area contributed by atoms with Crippen LogP contribution >= 0.6 is 23.2 Å². The molecule has 0 saturated heterocycles. The molecule has 1 unspecified atom stereocenters. The number of carbonyl (C=O) groups is 1. The molecule has 0 fully saturated rings. The Hall–Kier alpha value is -1.55. The molecule has 0 saturated carbocycles. The van der Waals surface area contributed by atoms with E-state index in [-0.39, 0.29) is 5.91 Å². The van der Waals surface area contributed by atoms with Crippen molar-refractivity contribution >= 4 is 34.8 Å². The van der Waals surface area contributed by atoms with Gasteiger partial charge in [-0.05, 0) is 24.3 Å². The van der Waals surface area contributed by atoms with Crippen molar-refractivity contribution in [1.82, 2.24) is 0 Å². The second-order valence-corrected chi connectivity index (χ2v) is 5.28.